The monoisotopic (exact) mass is 374 g/mol. The van der Waals surface area contributed by atoms with Gasteiger partial charge in [-0.05, 0) is 19.1 Å². The summed E-state index contributed by atoms with van der Waals surface area (Å²) in [6.45, 7) is 7.32. The molecule has 0 radical (unpaired) electrons. The normalized spacial score (nSPS) is 17.2. The summed E-state index contributed by atoms with van der Waals surface area (Å²) in [6, 6.07) is 3.15. The van der Waals surface area contributed by atoms with Crippen molar-refractivity contribution < 1.29 is 13.9 Å². The van der Waals surface area contributed by atoms with Crippen molar-refractivity contribution in [3.63, 3.8) is 0 Å². The van der Waals surface area contributed by atoms with E-state index in [9.17, 15) is 9.18 Å². The fraction of sp³-hybridized carbons (Fsp3) is 0.474. The Hall–Kier alpha value is -2.45. The second kappa shape index (κ2) is 7.66. The summed E-state index contributed by atoms with van der Waals surface area (Å²) in [5.41, 5.74) is 2.53. The average Bonchev–Trinajstić information content (AvgIpc) is 3.13. The number of hydrogen-bond donors (Lipinski definition) is 1. The van der Waals surface area contributed by atoms with Crippen LogP contribution in [0.1, 0.15) is 16.7 Å². The number of benzene rings is 1. The largest absolute Gasteiger partial charge is 0.492 e. The minimum absolute atomic E-state index is 0.231. The molecular formula is C19H23FN4O3. The van der Waals surface area contributed by atoms with E-state index in [0.717, 1.165) is 38.4 Å². The average molecular weight is 374 g/mol. The highest BCUT2D eigenvalue weighted by Crippen LogP contribution is 2.35. The van der Waals surface area contributed by atoms with E-state index in [0.29, 0.717) is 42.3 Å². The van der Waals surface area contributed by atoms with E-state index >= 15 is 0 Å². The maximum atomic E-state index is 14.4. The molecule has 0 bridgehead atoms. The van der Waals surface area contributed by atoms with Crippen LogP contribution < -0.4 is 15.2 Å². The first-order valence-corrected chi connectivity index (χ1v) is 9.16. The zero-order valence-electron chi connectivity index (χ0n) is 15.3. The first-order valence-electron chi connectivity index (χ1n) is 9.16. The molecule has 144 valence electrons. The van der Waals surface area contributed by atoms with Crippen LogP contribution in [0, 0.1) is 12.7 Å². The van der Waals surface area contributed by atoms with Gasteiger partial charge in [-0.1, -0.05) is 0 Å². The molecule has 8 heteroatoms. The Balaban J connectivity index is 1.49. The summed E-state index contributed by atoms with van der Waals surface area (Å²) in [5, 5.41) is 6.30. The Morgan fingerprint density at radius 2 is 2.04 bits per heavy atom. The fourth-order valence-corrected chi connectivity index (χ4v) is 3.61. The number of nitrogens with zero attached hydrogens (tertiary/aromatic N) is 3. The topological polar surface area (TPSA) is 70.7 Å². The molecule has 2 aliphatic rings. The predicted octanol–water partition coefficient (Wildman–Crippen LogP) is 1.45. The highest BCUT2D eigenvalue weighted by Gasteiger charge is 2.27. The molecule has 0 saturated carbocycles. The van der Waals surface area contributed by atoms with Crippen LogP contribution in [0.25, 0.3) is 0 Å². The van der Waals surface area contributed by atoms with Crippen molar-refractivity contribution in [2.45, 2.75) is 20.0 Å². The van der Waals surface area contributed by atoms with Gasteiger partial charge in [0.1, 0.15) is 18.2 Å². The van der Waals surface area contributed by atoms with Gasteiger partial charge in [-0.15, -0.1) is 0 Å². The zero-order chi connectivity index (χ0) is 18.8. The van der Waals surface area contributed by atoms with Gasteiger partial charge in [0.2, 0.25) is 0 Å². The van der Waals surface area contributed by atoms with E-state index in [1.807, 2.05) is 4.90 Å². The Labute approximate surface area is 156 Å². The highest BCUT2D eigenvalue weighted by atomic mass is 19.1. The summed E-state index contributed by atoms with van der Waals surface area (Å²) in [4.78, 5) is 16.1. The number of aromatic amines is 1. The SMILES string of the molecule is Cc1c(N2Cc3c(F)ccc(OCCN4CCOCC4)c3C2)cn[nH]c1=O. The molecule has 3 heterocycles. The number of nitrogens with one attached hydrogen (secondary N) is 1. The Kier molecular flexibility index (Phi) is 5.09. The minimum Gasteiger partial charge on any atom is -0.492 e. The standard InChI is InChI=1S/C19H23FN4O3/c1-13-17(10-21-22-19(13)25)24-11-14-15(12-24)18(3-2-16(14)20)27-9-6-23-4-7-26-8-5-23/h2-3,10H,4-9,11-12H2,1H3,(H,22,25). The number of ether oxygens (including phenoxy) is 2. The maximum absolute atomic E-state index is 14.4. The van der Waals surface area contributed by atoms with Gasteiger partial charge >= 0.3 is 0 Å². The number of morpholine rings is 1. The van der Waals surface area contributed by atoms with Gasteiger partial charge in [-0.25, -0.2) is 9.49 Å². The van der Waals surface area contributed by atoms with E-state index in [1.165, 1.54) is 6.07 Å². The Morgan fingerprint density at radius 1 is 1.26 bits per heavy atom. The molecule has 0 amide bonds. The first-order chi connectivity index (χ1) is 13.1. The summed E-state index contributed by atoms with van der Waals surface area (Å²) in [6.07, 6.45) is 1.61. The van der Waals surface area contributed by atoms with Crippen molar-refractivity contribution in [3.05, 3.63) is 51.2 Å². The molecule has 7 nitrogen and oxygen atoms in total. The number of fused-ring (bicyclic) bond motifs is 1. The molecule has 0 atom stereocenters. The summed E-state index contributed by atoms with van der Waals surface area (Å²) >= 11 is 0. The summed E-state index contributed by atoms with van der Waals surface area (Å²) < 4.78 is 25.7. The molecular weight excluding hydrogens is 351 g/mol. The van der Waals surface area contributed by atoms with Gasteiger partial charge in [-0.3, -0.25) is 9.69 Å². The lowest BCUT2D eigenvalue weighted by molar-refractivity contribution is 0.0322. The third kappa shape index (κ3) is 3.68. The number of H-pyrrole nitrogens is 1. The smallest absolute Gasteiger partial charge is 0.269 e. The van der Waals surface area contributed by atoms with Gasteiger partial charge in [0.15, 0.2) is 0 Å². The van der Waals surface area contributed by atoms with Crippen LogP contribution in [0.4, 0.5) is 10.1 Å². The number of halogens is 1. The molecule has 1 aromatic heterocycles. The molecule has 0 aliphatic carbocycles. The summed E-state index contributed by atoms with van der Waals surface area (Å²) in [7, 11) is 0. The Bertz CT molecular complexity index is 880. The lowest BCUT2D eigenvalue weighted by Crippen LogP contribution is -2.38. The molecule has 0 unspecified atom stereocenters. The lowest BCUT2D eigenvalue weighted by Gasteiger charge is -2.26. The lowest BCUT2D eigenvalue weighted by atomic mass is 10.1. The number of anilines is 1. The van der Waals surface area contributed by atoms with Crippen LogP contribution in [0.5, 0.6) is 5.75 Å². The Morgan fingerprint density at radius 3 is 2.85 bits per heavy atom. The van der Waals surface area contributed by atoms with Crippen LogP contribution in [0.3, 0.4) is 0 Å². The highest BCUT2D eigenvalue weighted by molar-refractivity contribution is 5.57. The van der Waals surface area contributed by atoms with Crippen LogP contribution in [-0.4, -0.2) is 54.6 Å². The van der Waals surface area contributed by atoms with E-state index in [-0.39, 0.29) is 11.4 Å². The predicted molar refractivity (Wildman–Crippen MR) is 98.6 cm³/mol. The van der Waals surface area contributed by atoms with Crippen molar-refractivity contribution in [1.29, 1.82) is 0 Å². The van der Waals surface area contributed by atoms with Crippen LogP contribution in [0.2, 0.25) is 0 Å². The number of aromatic nitrogens is 2. The molecule has 1 saturated heterocycles. The van der Waals surface area contributed by atoms with E-state index in [2.05, 4.69) is 15.1 Å². The minimum atomic E-state index is -0.247. The number of rotatable bonds is 5. The van der Waals surface area contributed by atoms with E-state index < -0.39 is 0 Å². The van der Waals surface area contributed by atoms with Crippen molar-refractivity contribution in [3.8, 4) is 5.75 Å². The van der Waals surface area contributed by atoms with E-state index in [4.69, 9.17) is 9.47 Å². The second-order valence-electron chi connectivity index (χ2n) is 6.87. The van der Waals surface area contributed by atoms with Gasteiger partial charge < -0.3 is 14.4 Å². The maximum Gasteiger partial charge on any atom is 0.269 e. The van der Waals surface area contributed by atoms with Crippen LogP contribution in [-0.2, 0) is 17.8 Å². The first kappa shape index (κ1) is 17.9. The van der Waals surface area contributed by atoms with Crippen molar-refractivity contribution in [1.82, 2.24) is 15.1 Å². The van der Waals surface area contributed by atoms with Crippen molar-refractivity contribution >= 4 is 5.69 Å². The van der Waals surface area contributed by atoms with Crippen LogP contribution in [0.15, 0.2) is 23.1 Å². The third-order valence-corrected chi connectivity index (χ3v) is 5.22. The quantitative estimate of drug-likeness (QED) is 0.854. The molecule has 1 fully saturated rings. The van der Waals surface area contributed by atoms with Gasteiger partial charge in [0.05, 0.1) is 25.1 Å². The molecule has 1 aromatic carbocycles. The second-order valence-corrected chi connectivity index (χ2v) is 6.87. The molecule has 1 N–H and O–H groups in total. The van der Waals surface area contributed by atoms with Gasteiger partial charge in [0, 0.05) is 49.4 Å². The summed E-state index contributed by atoms with van der Waals surface area (Å²) in [5.74, 6) is 0.459. The van der Waals surface area contributed by atoms with Gasteiger partial charge in [0.25, 0.3) is 5.56 Å². The van der Waals surface area contributed by atoms with E-state index in [1.54, 1.807) is 19.2 Å². The molecule has 0 spiro atoms. The fourth-order valence-electron chi connectivity index (χ4n) is 3.61. The molecule has 2 aliphatic heterocycles. The third-order valence-electron chi connectivity index (χ3n) is 5.22. The van der Waals surface area contributed by atoms with Crippen molar-refractivity contribution in [2.75, 3.05) is 44.4 Å². The molecule has 27 heavy (non-hydrogen) atoms. The molecule has 4 rings (SSSR count). The van der Waals surface area contributed by atoms with Crippen molar-refractivity contribution in [2.24, 2.45) is 0 Å². The van der Waals surface area contributed by atoms with Gasteiger partial charge in [-0.2, -0.15) is 5.10 Å². The van der Waals surface area contributed by atoms with Crippen LogP contribution >= 0.6 is 0 Å². The number of hydrogen-bond acceptors (Lipinski definition) is 6. The zero-order valence-corrected chi connectivity index (χ0v) is 15.3. The molecule has 2 aromatic rings.